The fourth-order valence-electron chi connectivity index (χ4n) is 3.13. The van der Waals surface area contributed by atoms with Crippen molar-refractivity contribution in [2.24, 2.45) is 5.92 Å². The maximum atomic E-state index is 12.5. The average molecular weight is 320 g/mol. The molecule has 2 fully saturated rings. The summed E-state index contributed by atoms with van der Waals surface area (Å²) < 4.78 is 10.5. The molecule has 7 nitrogen and oxygen atoms in total. The van der Waals surface area contributed by atoms with E-state index in [-0.39, 0.29) is 17.9 Å². The Morgan fingerprint density at radius 3 is 3.00 bits per heavy atom. The van der Waals surface area contributed by atoms with Crippen LogP contribution in [0.2, 0.25) is 0 Å². The lowest BCUT2D eigenvalue weighted by molar-refractivity contribution is -0.126. The van der Waals surface area contributed by atoms with E-state index in [9.17, 15) is 4.79 Å². The van der Waals surface area contributed by atoms with Crippen LogP contribution in [-0.2, 0) is 9.53 Å². The molecule has 126 valence electrons. The van der Waals surface area contributed by atoms with E-state index >= 15 is 0 Å². The van der Waals surface area contributed by atoms with Gasteiger partial charge in [-0.1, -0.05) is 0 Å². The van der Waals surface area contributed by atoms with Gasteiger partial charge in [0.1, 0.15) is 0 Å². The Morgan fingerprint density at radius 1 is 1.39 bits per heavy atom. The monoisotopic (exact) mass is 320 g/mol. The Hall–Kier alpha value is -1.89. The lowest BCUT2D eigenvalue weighted by Gasteiger charge is -2.33. The number of nitrogens with one attached hydrogen (secondary N) is 1. The first-order chi connectivity index (χ1) is 11.3. The molecule has 3 rings (SSSR count). The second-order valence-corrected chi connectivity index (χ2v) is 6.08. The normalized spacial score (nSPS) is 22.7. The van der Waals surface area contributed by atoms with Gasteiger partial charge in [-0.2, -0.15) is 4.98 Å². The van der Waals surface area contributed by atoms with E-state index in [0.717, 1.165) is 45.4 Å². The highest BCUT2D eigenvalue weighted by atomic mass is 16.5. The van der Waals surface area contributed by atoms with Gasteiger partial charge in [0.15, 0.2) is 0 Å². The fourth-order valence-corrected chi connectivity index (χ4v) is 3.13. The Bertz CT molecular complexity index is 534. The van der Waals surface area contributed by atoms with Crippen LogP contribution in [-0.4, -0.2) is 55.3 Å². The summed E-state index contributed by atoms with van der Waals surface area (Å²) in [6.07, 6.45) is 5.37. The molecule has 1 aromatic heterocycles. The Labute approximate surface area is 136 Å². The van der Waals surface area contributed by atoms with Crippen molar-refractivity contribution < 1.29 is 14.3 Å². The molecule has 2 aliphatic heterocycles. The van der Waals surface area contributed by atoms with Gasteiger partial charge in [-0.15, -0.1) is 0 Å². The minimum atomic E-state index is -0.0126. The molecule has 1 atom stereocenters. The third kappa shape index (κ3) is 4.10. The van der Waals surface area contributed by atoms with Crippen LogP contribution in [0.25, 0.3) is 0 Å². The van der Waals surface area contributed by atoms with Crippen molar-refractivity contribution >= 4 is 11.9 Å². The predicted molar refractivity (Wildman–Crippen MR) is 85.5 cm³/mol. The van der Waals surface area contributed by atoms with E-state index in [0.29, 0.717) is 18.4 Å². The van der Waals surface area contributed by atoms with Crippen molar-refractivity contribution in [3.05, 3.63) is 12.3 Å². The number of amides is 1. The van der Waals surface area contributed by atoms with Crippen LogP contribution >= 0.6 is 0 Å². The molecule has 2 aliphatic rings. The fraction of sp³-hybridized carbons (Fsp3) is 0.688. The third-order valence-corrected chi connectivity index (χ3v) is 4.47. The minimum Gasteiger partial charge on any atom is -0.481 e. The van der Waals surface area contributed by atoms with Gasteiger partial charge < -0.3 is 19.7 Å². The summed E-state index contributed by atoms with van der Waals surface area (Å²) in [5.41, 5.74) is 0. The number of nitrogens with zero attached hydrogens (tertiary/aromatic N) is 3. The quantitative estimate of drug-likeness (QED) is 0.892. The SMILES string of the molecule is COc1ccnc(N2CCCC(C(=O)NC3CCOCC3)C2)n1. The first kappa shape index (κ1) is 16.0. The van der Waals surface area contributed by atoms with Crippen molar-refractivity contribution in [1.82, 2.24) is 15.3 Å². The van der Waals surface area contributed by atoms with E-state index in [1.165, 1.54) is 0 Å². The van der Waals surface area contributed by atoms with Gasteiger partial charge in [0.2, 0.25) is 17.7 Å². The zero-order chi connectivity index (χ0) is 16.1. The van der Waals surface area contributed by atoms with Crippen molar-refractivity contribution in [2.75, 3.05) is 38.3 Å². The van der Waals surface area contributed by atoms with Crippen LogP contribution in [0.5, 0.6) is 5.88 Å². The van der Waals surface area contributed by atoms with Crippen molar-refractivity contribution in [3.8, 4) is 5.88 Å². The first-order valence-corrected chi connectivity index (χ1v) is 8.26. The highest BCUT2D eigenvalue weighted by molar-refractivity contribution is 5.79. The maximum absolute atomic E-state index is 12.5. The number of aromatic nitrogens is 2. The molecule has 0 saturated carbocycles. The standard InChI is InChI=1S/C16H24N4O3/c1-22-14-4-7-17-16(19-14)20-8-2-3-12(11-20)15(21)18-13-5-9-23-10-6-13/h4,7,12-13H,2-3,5-6,8-11H2,1H3,(H,18,21). The smallest absolute Gasteiger partial charge is 0.228 e. The van der Waals surface area contributed by atoms with Gasteiger partial charge in [0.25, 0.3) is 0 Å². The highest BCUT2D eigenvalue weighted by Gasteiger charge is 2.29. The molecule has 0 aromatic carbocycles. The van der Waals surface area contributed by atoms with Gasteiger partial charge in [0.05, 0.1) is 13.0 Å². The summed E-state index contributed by atoms with van der Waals surface area (Å²) in [5.74, 6) is 1.31. The lowest BCUT2D eigenvalue weighted by Crippen LogP contribution is -2.47. The van der Waals surface area contributed by atoms with E-state index in [1.54, 1.807) is 19.4 Å². The average Bonchev–Trinajstić information content (AvgIpc) is 2.63. The molecule has 1 aromatic rings. The van der Waals surface area contributed by atoms with E-state index in [2.05, 4.69) is 20.2 Å². The molecule has 0 bridgehead atoms. The molecular formula is C16H24N4O3. The van der Waals surface area contributed by atoms with Gasteiger partial charge in [-0.05, 0) is 25.7 Å². The number of hydrogen-bond donors (Lipinski definition) is 1. The van der Waals surface area contributed by atoms with Crippen LogP contribution in [0.4, 0.5) is 5.95 Å². The molecule has 1 N–H and O–H groups in total. The van der Waals surface area contributed by atoms with Gasteiger partial charge in [-0.3, -0.25) is 4.79 Å². The van der Waals surface area contributed by atoms with Gasteiger partial charge in [0, 0.05) is 44.6 Å². The number of piperidine rings is 1. The van der Waals surface area contributed by atoms with Crippen molar-refractivity contribution in [2.45, 2.75) is 31.7 Å². The number of carbonyl (C=O) groups excluding carboxylic acids is 1. The van der Waals surface area contributed by atoms with Crippen LogP contribution in [0.3, 0.4) is 0 Å². The number of anilines is 1. The molecule has 1 unspecified atom stereocenters. The predicted octanol–water partition coefficient (Wildman–Crippen LogP) is 0.997. The Kier molecular flexibility index (Phi) is 5.27. The number of hydrogen-bond acceptors (Lipinski definition) is 6. The number of rotatable bonds is 4. The second kappa shape index (κ2) is 7.59. The zero-order valence-electron chi connectivity index (χ0n) is 13.5. The summed E-state index contributed by atoms with van der Waals surface area (Å²) in [7, 11) is 1.59. The summed E-state index contributed by atoms with van der Waals surface area (Å²) in [5, 5.41) is 3.17. The van der Waals surface area contributed by atoms with E-state index in [4.69, 9.17) is 9.47 Å². The Balaban J connectivity index is 1.59. The summed E-state index contributed by atoms with van der Waals surface area (Å²) >= 11 is 0. The van der Waals surface area contributed by atoms with Crippen LogP contribution in [0, 0.1) is 5.92 Å². The Morgan fingerprint density at radius 2 is 2.22 bits per heavy atom. The van der Waals surface area contributed by atoms with Crippen LogP contribution < -0.4 is 15.0 Å². The molecule has 2 saturated heterocycles. The summed E-state index contributed by atoms with van der Waals surface area (Å²) in [6.45, 7) is 3.00. The van der Waals surface area contributed by atoms with Crippen molar-refractivity contribution in [1.29, 1.82) is 0 Å². The van der Waals surface area contributed by atoms with E-state index in [1.807, 2.05) is 0 Å². The molecule has 1 amide bonds. The minimum absolute atomic E-state index is 0.0126. The molecular weight excluding hydrogens is 296 g/mol. The van der Waals surface area contributed by atoms with Gasteiger partial charge >= 0.3 is 0 Å². The number of ether oxygens (including phenoxy) is 2. The first-order valence-electron chi connectivity index (χ1n) is 8.26. The molecule has 0 radical (unpaired) electrons. The second-order valence-electron chi connectivity index (χ2n) is 6.08. The number of carbonyl (C=O) groups is 1. The van der Waals surface area contributed by atoms with Gasteiger partial charge in [-0.25, -0.2) is 4.98 Å². The largest absolute Gasteiger partial charge is 0.481 e. The summed E-state index contributed by atoms with van der Waals surface area (Å²) in [4.78, 5) is 23.3. The van der Waals surface area contributed by atoms with Crippen molar-refractivity contribution in [3.63, 3.8) is 0 Å². The topological polar surface area (TPSA) is 76.6 Å². The maximum Gasteiger partial charge on any atom is 0.228 e. The number of methoxy groups -OCH3 is 1. The van der Waals surface area contributed by atoms with E-state index < -0.39 is 0 Å². The molecule has 3 heterocycles. The summed E-state index contributed by atoms with van der Waals surface area (Å²) in [6, 6.07) is 1.97. The third-order valence-electron chi connectivity index (χ3n) is 4.47. The zero-order valence-corrected chi connectivity index (χ0v) is 13.5. The molecule has 7 heteroatoms. The van der Waals surface area contributed by atoms with Crippen LogP contribution in [0.1, 0.15) is 25.7 Å². The lowest BCUT2D eigenvalue weighted by atomic mass is 9.96. The molecule has 0 spiro atoms. The molecule has 0 aliphatic carbocycles. The molecule has 23 heavy (non-hydrogen) atoms. The van der Waals surface area contributed by atoms with Crippen LogP contribution in [0.15, 0.2) is 12.3 Å². The highest BCUT2D eigenvalue weighted by Crippen LogP contribution is 2.22.